The Hall–Kier alpha value is -2.13. The largest absolute Gasteiger partial charge is 0.713 e. The van der Waals surface area contributed by atoms with E-state index in [1.807, 2.05) is 31.2 Å². The predicted octanol–water partition coefficient (Wildman–Crippen LogP) is 3.81. The second-order valence-corrected chi connectivity index (χ2v) is 9.40. The van der Waals surface area contributed by atoms with Gasteiger partial charge in [-0.15, -0.1) is 0 Å². The Labute approximate surface area is 192 Å². The molecule has 0 bridgehead atoms. The fraction of sp³-hybridized carbons (Fsp3) is 0.571. The SMILES string of the molecule is CCCC1N(Cl)C2=CN(C)S(=O)N(CCCCCCOc3ccc(OC)cc3)C2=[N+]1[O-]. The summed E-state index contributed by atoms with van der Waals surface area (Å²) in [6.07, 6.45) is 6.41. The molecule has 0 spiro atoms. The number of rotatable bonds is 11. The van der Waals surface area contributed by atoms with Crippen LogP contribution in [0.3, 0.4) is 0 Å². The summed E-state index contributed by atoms with van der Waals surface area (Å²) in [5.74, 6) is 2.04. The molecule has 2 heterocycles. The number of hydrogen-bond donors (Lipinski definition) is 0. The molecule has 2 atom stereocenters. The number of hydroxylamine groups is 1. The molecule has 0 fully saturated rings. The molecule has 0 saturated heterocycles. The fourth-order valence-electron chi connectivity index (χ4n) is 3.65. The van der Waals surface area contributed by atoms with Gasteiger partial charge >= 0.3 is 17.0 Å². The van der Waals surface area contributed by atoms with Crippen LogP contribution in [0.2, 0.25) is 0 Å². The molecule has 8 nitrogen and oxygen atoms in total. The number of fused-ring (bicyclic) bond motifs is 1. The van der Waals surface area contributed by atoms with Crippen molar-refractivity contribution in [2.75, 3.05) is 27.3 Å². The highest BCUT2D eigenvalue weighted by atomic mass is 35.5. The Morgan fingerprint density at radius 3 is 2.52 bits per heavy atom. The van der Waals surface area contributed by atoms with Crippen molar-refractivity contribution in [3.8, 4) is 11.5 Å². The maximum Gasteiger partial charge on any atom is 0.318 e. The molecule has 31 heavy (non-hydrogen) atoms. The van der Waals surface area contributed by atoms with E-state index >= 15 is 0 Å². The summed E-state index contributed by atoms with van der Waals surface area (Å²) in [5, 5.41) is 12.8. The van der Waals surface area contributed by atoms with Gasteiger partial charge < -0.3 is 14.7 Å². The molecule has 0 amide bonds. The molecule has 0 aromatic heterocycles. The van der Waals surface area contributed by atoms with Gasteiger partial charge in [-0.1, -0.05) is 13.3 Å². The minimum Gasteiger partial charge on any atom is -0.713 e. The summed E-state index contributed by atoms with van der Waals surface area (Å²) in [6, 6.07) is 7.54. The Kier molecular flexibility index (Phi) is 8.31. The van der Waals surface area contributed by atoms with E-state index in [0.29, 0.717) is 31.1 Å². The monoisotopic (exact) mass is 470 g/mol. The van der Waals surface area contributed by atoms with E-state index in [4.69, 9.17) is 21.3 Å². The number of methoxy groups -OCH3 is 1. The smallest absolute Gasteiger partial charge is 0.318 e. The lowest BCUT2D eigenvalue weighted by atomic mass is 10.2. The molecule has 2 aliphatic rings. The van der Waals surface area contributed by atoms with Crippen LogP contribution < -0.4 is 9.47 Å². The van der Waals surface area contributed by atoms with Crippen molar-refractivity contribution in [1.29, 1.82) is 0 Å². The summed E-state index contributed by atoms with van der Waals surface area (Å²) in [7, 11) is 3.37. The zero-order chi connectivity index (χ0) is 22.4. The predicted molar refractivity (Wildman–Crippen MR) is 123 cm³/mol. The fourth-order valence-corrected chi connectivity index (χ4v) is 5.05. The molecule has 1 aromatic rings. The van der Waals surface area contributed by atoms with Crippen LogP contribution in [0.5, 0.6) is 11.5 Å². The van der Waals surface area contributed by atoms with Crippen LogP contribution in [-0.4, -0.2) is 61.3 Å². The van der Waals surface area contributed by atoms with Gasteiger partial charge in [0.15, 0.2) is 11.9 Å². The van der Waals surface area contributed by atoms with Crippen LogP contribution in [0.1, 0.15) is 45.4 Å². The number of hydrogen-bond acceptors (Lipinski definition) is 5. The molecule has 1 aromatic carbocycles. The van der Waals surface area contributed by atoms with Crippen LogP contribution in [0.15, 0.2) is 36.2 Å². The molecular weight excluding hydrogens is 440 g/mol. The van der Waals surface area contributed by atoms with E-state index in [2.05, 4.69) is 0 Å². The van der Waals surface area contributed by atoms with E-state index in [1.54, 1.807) is 29.0 Å². The van der Waals surface area contributed by atoms with Crippen molar-refractivity contribution in [2.24, 2.45) is 0 Å². The van der Waals surface area contributed by atoms with Gasteiger partial charge in [-0.2, -0.15) is 8.51 Å². The molecular formula is C21H31ClN4O4S. The number of halogens is 1. The Balaban J connectivity index is 1.46. The van der Waals surface area contributed by atoms with Crippen molar-refractivity contribution in [3.63, 3.8) is 0 Å². The van der Waals surface area contributed by atoms with Gasteiger partial charge in [0.2, 0.25) is 0 Å². The lowest BCUT2D eigenvalue weighted by Crippen LogP contribution is -2.46. The molecule has 2 aliphatic heterocycles. The highest BCUT2D eigenvalue weighted by Crippen LogP contribution is 2.31. The van der Waals surface area contributed by atoms with Gasteiger partial charge in [0, 0.05) is 31.4 Å². The average Bonchev–Trinajstić information content (AvgIpc) is 3.00. The minimum absolute atomic E-state index is 0.410. The zero-order valence-electron chi connectivity index (χ0n) is 18.3. The average molecular weight is 471 g/mol. The molecule has 0 radical (unpaired) electrons. The standard InChI is InChI=1S/C21H31ClN4O4S/c1-4-9-20-25(22)19-16-23(2)31(28)24(21(19)26(20)27)14-7-5-6-8-15-30-18-12-10-17(29-3)11-13-18/h10-13,16,20H,4-9,14-15H2,1-3H3. The third-order valence-corrected chi connectivity index (χ3v) is 7.04. The lowest BCUT2D eigenvalue weighted by Gasteiger charge is -2.26. The van der Waals surface area contributed by atoms with Crippen LogP contribution in [0.4, 0.5) is 0 Å². The van der Waals surface area contributed by atoms with Gasteiger partial charge in [-0.3, -0.25) is 4.31 Å². The van der Waals surface area contributed by atoms with Crippen LogP contribution >= 0.6 is 11.8 Å². The summed E-state index contributed by atoms with van der Waals surface area (Å²) < 4.78 is 29.3. The third kappa shape index (κ3) is 5.38. The lowest BCUT2D eigenvalue weighted by molar-refractivity contribution is -0.513. The van der Waals surface area contributed by atoms with Gasteiger partial charge in [-0.25, -0.2) is 9.16 Å². The molecule has 0 aliphatic carbocycles. The van der Waals surface area contributed by atoms with E-state index < -0.39 is 17.3 Å². The summed E-state index contributed by atoms with van der Waals surface area (Å²) in [6.45, 7) is 3.19. The van der Waals surface area contributed by atoms with Gasteiger partial charge in [-0.05, 0) is 49.9 Å². The topological polar surface area (TPSA) is 71.3 Å². The van der Waals surface area contributed by atoms with Crippen LogP contribution in [0, 0.1) is 5.21 Å². The van der Waals surface area contributed by atoms with Crippen molar-refractivity contribution in [2.45, 2.75) is 51.6 Å². The highest BCUT2D eigenvalue weighted by Gasteiger charge is 2.47. The number of ether oxygens (including phenoxy) is 2. The second-order valence-electron chi connectivity index (χ2n) is 7.56. The summed E-state index contributed by atoms with van der Waals surface area (Å²) >= 11 is 4.99. The highest BCUT2D eigenvalue weighted by molar-refractivity contribution is 7.81. The number of benzene rings is 1. The van der Waals surface area contributed by atoms with E-state index in [-0.39, 0.29) is 0 Å². The maximum absolute atomic E-state index is 12.8. The maximum atomic E-state index is 12.8. The van der Waals surface area contributed by atoms with E-state index in [0.717, 1.165) is 48.3 Å². The first-order valence-electron chi connectivity index (χ1n) is 10.7. The second kappa shape index (κ2) is 10.9. The Morgan fingerprint density at radius 2 is 1.84 bits per heavy atom. The Bertz CT molecular complexity index is 833. The zero-order valence-corrected chi connectivity index (χ0v) is 19.9. The van der Waals surface area contributed by atoms with Crippen molar-refractivity contribution < 1.29 is 18.4 Å². The van der Waals surface area contributed by atoms with E-state index in [9.17, 15) is 9.42 Å². The van der Waals surface area contributed by atoms with Gasteiger partial charge in [0.1, 0.15) is 18.0 Å². The molecule has 0 N–H and O–H groups in total. The van der Waals surface area contributed by atoms with E-state index in [1.165, 1.54) is 4.42 Å². The van der Waals surface area contributed by atoms with Crippen LogP contribution in [0.25, 0.3) is 0 Å². The first-order chi connectivity index (χ1) is 15.0. The molecule has 3 rings (SSSR count). The minimum atomic E-state index is -1.43. The first kappa shape index (κ1) is 23.5. The van der Waals surface area contributed by atoms with Crippen molar-refractivity contribution in [3.05, 3.63) is 41.4 Å². The first-order valence-corrected chi connectivity index (χ1v) is 12.1. The van der Waals surface area contributed by atoms with Gasteiger partial charge in [0.05, 0.1) is 13.7 Å². The summed E-state index contributed by atoms with van der Waals surface area (Å²) in [4.78, 5) is 0. The molecule has 172 valence electrons. The summed E-state index contributed by atoms with van der Waals surface area (Å²) in [5.41, 5.74) is 0.616. The molecule has 10 heteroatoms. The van der Waals surface area contributed by atoms with Crippen LogP contribution in [-0.2, 0) is 11.2 Å². The van der Waals surface area contributed by atoms with Crippen molar-refractivity contribution >= 4 is 28.8 Å². The quantitative estimate of drug-likeness (QED) is 0.213. The number of amidine groups is 1. The Morgan fingerprint density at radius 1 is 1.16 bits per heavy atom. The normalized spacial score (nSPS) is 20.8. The van der Waals surface area contributed by atoms with Crippen molar-refractivity contribution in [1.82, 2.24) is 13.0 Å². The molecule has 0 saturated carbocycles. The molecule has 2 unspecified atom stereocenters. The number of unbranched alkanes of at least 4 members (excludes halogenated alkanes) is 3. The van der Waals surface area contributed by atoms with Gasteiger partial charge in [0.25, 0.3) is 0 Å². The third-order valence-electron chi connectivity index (χ3n) is 5.31. The number of nitrogens with zero attached hydrogens (tertiary/aromatic N) is 4.